The lowest BCUT2D eigenvalue weighted by Crippen LogP contribution is -2.31. The van der Waals surface area contributed by atoms with Crippen LogP contribution in [0.25, 0.3) is 0 Å². The fourth-order valence-electron chi connectivity index (χ4n) is 1.94. The number of aliphatic hydroxyl groups is 1. The summed E-state index contributed by atoms with van der Waals surface area (Å²) >= 11 is 1.44. The predicted molar refractivity (Wildman–Crippen MR) is 77.9 cm³/mol. The topological polar surface area (TPSA) is 75.6 Å². The normalized spacial score (nSPS) is 18.8. The van der Waals surface area contributed by atoms with Crippen molar-refractivity contribution in [2.24, 2.45) is 0 Å². The van der Waals surface area contributed by atoms with Gasteiger partial charge >= 0.3 is 0 Å². The highest BCUT2D eigenvalue weighted by molar-refractivity contribution is 7.89. The molecule has 2 heterocycles. The average Bonchev–Trinajstić information content (AvgIpc) is 3.05. The van der Waals surface area contributed by atoms with Gasteiger partial charge in [-0.2, -0.15) is 0 Å². The van der Waals surface area contributed by atoms with Gasteiger partial charge in [0.2, 0.25) is 10.0 Å². The molecule has 0 bridgehead atoms. The van der Waals surface area contributed by atoms with Crippen molar-refractivity contribution < 1.29 is 18.3 Å². The summed E-state index contributed by atoms with van der Waals surface area (Å²) in [5.41, 5.74) is 0.789. The zero-order valence-corrected chi connectivity index (χ0v) is 12.6. The number of ether oxygens (including phenoxy) is 1. The van der Waals surface area contributed by atoms with Crippen molar-refractivity contribution in [3.8, 4) is 11.8 Å². The molecular formula is C13H17NO4S2. The lowest BCUT2D eigenvalue weighted by Gasteiger charge is -2.10. The van der Waals surface area contributed by atoms with E-state index in [1.165, 1.54) is 11.3 Å². The molecule has 0 saturated carbocycles. The first-order chi connectivity index (χ1) is 9.59. The van der Waals surface area contributed by atoms with Crippen molar-refractivity contribution >= 4 is 21.4 Å². The summed E-state index contributed by atoms with van der Waals surface area (Å²) in [6.45, 7) is 0.734. The van der Waals surface area contributed by atoms with Gasteiger partial charge in [0, 0.05) is 29.0 Å². The molecule has 0 amide bonds. The van der Waals surface area contributed by atoms with E-state index in [-0.39, 0.29) is 25.0 Å². The molecule has 20 heavy (non-hydrogen) atoms. The quantitative estimate of drug-likeness (QED) is 0.784. The second kappa shape index (κ2) is 7.20. The number of hydrogen-bond donors (Lipinski definition) is 2. The summed E-state index contributed by atoms with van der Waals surface area (Å²) in [5, 5.41) is 10.4. The van der Waals surface area contributed by atoms with Crippen molar-refractivity contribution in [1.82, 2.24) is 4.72 Å². The molecule has 1 fully saturated rings. The lowest BCUT2D eigenvalue weighted by molar-refractivity contribution is 0.127. The minimum absolute atomic E-state index is 0.0234. The molecule has 2 N–H and O–H groups in total. The fraction of sp³-hybridized carbons (Fsp3) is 0.538. The van der Waals surface area contributed by atoms with Crippen molar-refractivity contribution in [2.45, 2.75) is 25.5 Å². The predicted octanol–water partition coefficient (Wildman–Crippen LogP) is 0.690. The van der Waals surface area contributed by atoms with Crippen LogP contribution in [0.3, 0.4) is 0 Å². The van der Waals surface area contributed by atoms with Gasteiger partial charge in [0.25, 0.3) is 0 Å². The molecule has 7 heteroatoms. The third-order valence-corrected chi connectivity index (χ3v) is 5.19. The molecule has 0 radical (unpaired) electrons. The third-order valence-electron chi connectivity index (χ3n) is 2.86. The Balaban J connectivity index is 1.85. The summed E-state index contributed by atoms with van der Waals surface area (Å²) < 4.78 is 31.7. The first kappa shape index (κ1) is 15.5. The number of nitrogens with one attached hydrogen (secondary N) is 1. The van der Waals surface area contributed by atoms with E-state index in [2.05, 4.69) is 16.6 Å². The molecule has 0 aliphatic carbocycles. The van der Waals surface area contributed by atoms with Crippen LogP contribution in [0, 0.1) is 11.8 Å². The molecule has 1 aliphatic rings. The standard InChI is InChI=1S/C13H17NO4S2/c15-5-1-3-11-7-13(19-9-11)8-14-20(16,17)10-12-4-2-6-18-12/h7,9,12,14-15H,2,4-6,8,10H2. The SMILES string of the molecule is O=S(=O)(CC1CCCO1)NCc1cc(C#CCO)cs1. The molecule has 1 aromatic rings. The van der Waals surface area contributed by atoms with Crippen molar-refractivity contribution in [3.05, 3.63) is 21.9 Å². The van der Waals surface area contributed by atoms with Crippen molar-refractivity contribution in [2.75, 3.05) is 19.0 Å². The Morgan fingerprint density at radius 2 is 2.40 bits per heavy atom. The number of aliphatic hydroxyl groups excluding tert-OH is 1. The Labute approximate surface area is 123 Å². The van der Waals surface area contributed by atoms with Crippen LogP contribution in [-0.2, 0) is 21.3 Å². The Bertz CT molecular complexity index is 591. The van der Waals surface area contributed by atoms with Crippen LogP contribution in [0.4, 0.5) is 0 Å². The molecule has 1 aromatic heterocycles. The highest BCUT2D eigenvalue weighted by Gasteiger charge is 2.23. The molecule has 1 atom stereocenters. The second-order valence-electron chi connectivity index (χ2n) is 4.50. The van der Waals surface area contributed by atoms with Gasteiger partial charge in [0.15, 0.2) is 0 Å². The minimum atomic E-state index is -3.32. The average molecular weight is 315 g/mol. The van der Waals surface area contributed by atoms with Gasteiger partial charge in [-0.3, -0.25) is 0 Å². The molecule has 1 aliphatic heterocycles. The second-order valence-corrected chi connectivity index (χ2v) is 7.35. The maximum Gasteiger partial charge on any atom is 0.214 e. The van der Waals surface area contributed by atoms with Crippen LogP contribution in [0.1, 0.15) is 23.3 Å². The number of sulfonamides is 1. The van der Waals surface area contributed by atoms with Crippen LogP contribution in [-0.4, -0.2) is 38.6 Å². The Morgan fingerprint density at radius 1 is 1.55 bits per heavy atom. The van der Waals surface area contributed by atoms with Crippen LogP contribution in [0.2, 0.25) is 0 Å². The summed E-state index contributed by atoms with van der Waals surface area (Å²) in [4.78, 5) is 0.892. The molecule has 2 rings (SSSR count). The van der Waals surface area contributed by atoms with E-state index in [1.807, 2.05) is 11.4 Å². The third kappa shape index (κ3) is 4.89. The highest BCUT2D eigenvalue weighted by atomic mass is 32.2. The molecule has 110 valence electrons. The van der Waals surface area contributed by atoms with Crippen LogP contribution in [0.15, 0.2) is 11.4 Å². The Kier molecular flexibility index (Phi) is 5.57. The Morgan fingerprint density at radius 3 is 3.10 bits per heavy atom. The summed E-state index contributed by atoms with van der Waals surface area (Å²) in [5.74, 6) is 5.36. The maximum absolute atomic E-state index is 11.9. The van der Waals surface area contributed by atoms with E-state index in [4.69, 9.17) is 9.84 Å². The Hall–Kier alpha value is -0.910. The summed E-state index contributed by atoms with van der Waals surface area (Å²) in [6.07, 6.45) is 1.56. The van der Waals surface area contributed by atoms with Gasteiger partial charge in [-0.1, -0.05) is 11.8 Å². The van der Waals surface area contributed by atoms with Gasteiger partial charge in [0.1, 0.15) is 6.61 Å². The fourth-order valence-corrected chi connectivity index (χ4v) is 4.03. The first-order valence-corrected chi connectivity index (χ1v) is 8.88. The zero-order chi connectivity index (χ0) is 14.4. The van der Waals surface area contributed by atoms with Gasteiger partial charge in [0.05, 0.1) is 11.9 Å². The molecule has 1 unspecified atom stereocenters. The molecule has 5 nitrogen and oxygen atoms in total. The maximum atomic E-state index is 11.9. The number of rotatable bonds is 5. The summed E-state index contributed by atoms with van der Waals surface area (Å²) in [7, 11) is -3.32. The van der Waals surface area contributed by atoms with Gasteiger partial charge < -0.3 is 9.84 Å². The minimum Gasteiger partial charge on any atom is -0.384 e. The first-order valence-electron chi connectivity index (χ1n) is 6.35. The van der Waals surface area contributed by atoms with E-state index in [0.29, 0.717) is 6.61 Å². The van der Waals surface area contributed by atoms with E-state index in [0.717, 1.165) is 23.3 Å². The number of hydrogen-bond acceptors (Lipinski definition) is 5. The van der Waals surface area contributed by atoms with E-state index < -0.39 is 10.0 Å². The van der Waals surface area contributed by atoms with Crippen LogP contribution in [0.5, 0.6) is 0 Å². The summed E-state index contributed by atoms with van der Waals surface area (Å²) in [6, 6.07) is 1.82. The van der Waals surface area contributed by atoms with Crippen molar-refractivity contribution in [3.63, 3.8) is 0 Å². The van der Waals surface area contributed by atoms with Crippen LogP contribution >= 0.6 is 11.3 Å². The molecule has 0 spiro atoms. The lowest BCUT2D eigenvalue weighted by atomic mass is 10.3. The van der Waals surface area contributed by atoms with Gasteiger partial charge in [-0.25, -0.2) is 13.1 Å². The smallest absolute Gasteiger partial charge is 0.214 e. The molecular weight excluding hydrogens is 298 g/mol. The van der Waals surface area contributed by atoms with Crippen LogP contribution < -0.4 is 4.72 Å². The largest absolute Gasteiger partial charge is 0.384 e. The van der Waals surface area contributed by atoms with E-state index in [9.17, 15) is 8.42 Å². The number of thiophene rings is 1. The molecule has 0 aromatic carbocycles. The van der Waals surface area contributed by atoms with E-state index in [1.54, 1.807) is 0 Å². The molecule has 1 saturated heterocycles. The van der Waals surface area contributed by atoms with Gasteiger partial charge in [-0.05, 0) is 18.9 Å². The zero-order valence-electron chi connectivity index (χ0n) is 11.0. The van der Waals surface area contributed by atoms with Gasteiger partial charge in [-0.15, -0.1) is 11.3 Å². The van der Waals surface area contributed by atoms with E-state index >= 15 is 0 Å². The van der Waals surface area contributed by atoms with Crippen molar-refractivity contribution in [1.29, 1.82) is 0 Å². The monoisotopic (exact) mass is 315 g/mol. The highest BCUT2D eigenvalue weighted by Crippen LogP contribution is 2.16.